The van der Waals surface area contributed by atoms with Crippen LogP contribution < -0.4 is 4.72 Å². The maximum atomic E-state index is 13.9. The molecule has 21 heavy (non-hydrogen) atoms. The van der Waals surface area contributed by atoms with Gasteiger partial charge in [-0.15, -0.1) is 0 Å². The summed E-state index contributed by atoms with van der Waals surface area (Å²) in [4.78, 5) is -0.466. The first kappa shape index (κ1) is 15.9. The molecule has 0 saturated carbocycles. The van der Waals surface area contributed by atoms with E-state index in [9.17, 15) is 12.8 Å². The zero-order valence-corrected chi connectivity index (χ0v) is 13.5. The first-order chi connectivity index (χ1) is 9.83. The number of hydrogen-bond donors (Lipinski definition) is 2. The van der Waals surface area contributed by atoms with Crippen LogP contribution in [0.4, 0.5) is 10.1 Å². The minimum Gasteiger partial charge on any atom is -0.392 e. The predicted octanol–water partition coefficient (Wildman–Crippen LogP) is 3.19. The summed E-state index contributed by atoms with van der Waals surface area (Å²) in [5, 5.41) is 8.92. The van der Waals surface area contributed by atoms with Gasteiger partial charge >= 0.3 is 0 Å². The number of nitrogens with one attached hydrogen (secondary N) is 1. The van der Waals surface area contributed by atoms with Crippen molar-refractivity contribution in [2.45, 2.75) is 18.4 Å². The number of sulfonamides is 1. The van der Waals surface area contributed by atoms with E-state index in [1.165, 1.54) is 6.07 Å². The third-order valence-corrected chi connectivity index (χ3v) is 4.89. The molecule has 0 bridgehead atoms. The minimum absolute atomic E-state index is 0.308. The van der Waals surface area contributed by atoms with E-state index in [1.807, 2.05) is 6.92 Å². The van der Waals surface area contributed by atoms with Crippen LogP contribution >= 0.6 is 15.9 Å². The molecule has 2 aromatic rings. The van der Waals surface area contributed by atoms with Crippen molar-refractivity contribution in [1.29, 1.82) is 0 Å². The second kappa shape index (κ2) is 6.13. The molecule has 0 spiro atoms. The van der Waals surface area contributed by atoms with E-state index in [0.717, 1.165) is 17.7 Å². The first-order valence-corrected chi connectivity index (χ1v) is 8.29. The molecule has 0 amide bonds. The second-order valence-corrected chi connectivity index (χ2v) is 7.02. The highest BCUT2D eigenvalue weighted by Gasteiger charge is 2.20. The lowest BCUT2D eigenvalue weighted by atomic mass is 10.2. The molecule has 112 valence electrons. The summed E-state index contributed by atoms with van der Waals surface area (Å²) in [6, 6.07) is 8.58. The average molecular weight is 374 g/mol. The molecule has 0 atom stereocenters. The third-order valence-electron chi connectivity index (χ3n) is 2.84. The monoisotopic (exact) mass is 373 g/mol. The number of aliphatic hydroxyl groups excluding tert-OH is 1. The zero-order valence-electron chi connectivity index (χ0n) is 11.1. The largest absolute Gasteiger partial charge is 0.392 e. The van der Waals surface area contributed by atoms with Crippen LogP contribution in [0.5, 0.6) is 0 Å². The van der Waals surface area contributed by atoms with Crippen LogP contribution in [-0.4, -0.2) is 13.5 Å². The number of aryl methyl sites for hydroxylation is 1. The Morgan fingerprint density at radius 2 is 1.95 bits per heavy atom. The van der Waals surface area contributed by atoms with Gasteiger partial charge in [-0.05, 0) is 58.2 Å². The molecule has 0 saturated heterocycles. The molecule has 0 aliphatic heterocycles. The van der Waals surface area contributed by atoms with Crippen molar-refractivity contribution < 1.29 is 17.9 Å². The van der Waals surface area contributed by atoms with Crippen molar-refractivity contribution in [3.63, 3.8) is 0 Å². The van der Waals surface area contributed by atoms with Crippen LogP contribution in [0, 0.1) is 12.7 Å². The molecular formula is C14H13BrFNO3S. The van der Waals surface area contributed by atoms with E-state index >= 15 is 0 Å². The number of aliphatic hydroxyl groups is 1. The fourth-order valence-corrected chi connectivity index (χ4v) is 3.63. The standard InChI is InChI=1S/C14H13BrFNO3S/c1-9-2-4-13(11(15)6-9)17-21(19,20)14-5-3-10(8-18)7-12(14)16/h2-7,17-18H,8H2,1H3. The van der Waals surface area contributed by atoms with E-state index in [-0.39, 0.29) is 6.61 Å². The normalized spacial score (nSPS) is 11.4. The molecule has 0 aliphatic rings. The van der Waals surface area contributed by atoms with Crippen LogP contribution in [0.25, 0.3) is 0 Å². The van der Waals surface area contributed by atoms with Crippen LogP contribution in [0.1, 0.15) is 11.1 Å². The Balaban J connectivity index is 2.38. The lowest BCUT2D eigenvalue weighted by Gasteiger charge is -2.11. The minimum atomic E-state index is -4.04. The van der Waals surface area contributed by atoms with Gasteiger partial charge in [-0.1, -0.05) is 12.1 Å². The van der Waals surface area contributed by atoms with Gasteiger partial charge in [-0.2, -0.15) is 0 Å². The first-order valence-electron chi connectivity index (χ1n) is 6.02. The summed E-state index contributed by atoms with van der Waals surface area (Å²) < 4.78 is 41.2. The van der Waals surface area contributed by atoms with E-state index in [1.54, 1.807) is 18.2 Å². The molecule has 0 fully saturated rings. The SMILES string of the molecule is Cc1ccc(NS(=O)(=O)c2ccc(CO)cc2F)c(Br)c1. The van der Waals surface area contributed by atoms with Gasteiger partial charge in [0.1, 0.15) is 10.7 Å². The Morgan fingerprint density at radius 3 is 2.52 bits per heavy atom. The van der Waals surface area contributed by atoms with Gasteiger partial charge in [-0.3, -0.25) is 4.72 Å². The van der Waals surface area contributed by atoms with Gasteiger partial charge < -0.3 is 5.11 Å². The van der Waals surface area contributed by atoms with Gasteiger partial charge in [0.05, 0.1) is 12.3 Å². The van der Waals surface area contributed by atoms with Crippen molar-refractivity contribution in [2.75, 3.05) is 4.72 Å². The summed E-state index contributed by atoms with van der Waals surface area (Å²) in [7, 11) is -4.04. The highest BCUT2D eigenvalue weighted by atomic mass is 79.9. The van der Waals surface area contributed by atoms with Crippen molar-refractivity contribution in [3.8, 4) is 0 Å². The lowest BCUT2D eigenvalue weighted by molar-refractivity contribution is 0.281. The number of benzene rings is 2. The Labute approximate surface area is 130 Å². The Hall–Kier alpha value is -1.44. The number of anilines is 1. The van der Waals surface area contributed by atoms with Crippen LogP contribution in [0.3, 0.4) is 0 Å². The highest BCUT2D eigenvalue weighted by Crippen LogP contribution is 2.27. The van der Waals surface area contributed by atoms with Gasteiger partial charge in [0.15, 0.2) is 0 Å². The van der Waals surface area contributed by atoms with Crippen molar-refractivity contribution in [3.05, 3.63) is 57.8 Å². The quantitative estimate of drug-likeness (QED) is 0.864. The van der Waals surface area contributed by atoms with E-state index < -0.39 is 20.7 Å². The summed E-state index contributed by atoms with van der Waals surface area (Å²) in [6.07, 6.45) is 0. The highest BCUT2D eigenvalue weighted by molar-refractivity contribution is 9.10. The molecule has 0 radical (unpaired) electrons. The molecule has 2 N–H and O–H groups in total. The second-order valence-electron chi connectivity index (χ2n) is 4.51. The molecule has 4 nitrogen and oxygen atoms in total. The van der Waals surface area contributed by atoms with Crippen LogP contribution in [0.2, 0.25) is 0 Å². The van der Waals surface area contributed by atoms with Crippen LogP contribution in [0.15, 0.2) is 45.8 Å². The fourth-order valence-electron chi connectivity index (χ4n) is 1.76. The van der Waals surface area contributed by atoms with Crippen LogP contribution in [-0.2, 0) is 16.6 Å². The molecule has 7 heteroatoms. The van der Waals surface area contributed by atoms with Gasteiger partial charge in [0.25, 0.3) is 10.0 Å². The van der Waals surface area contributed by atoms with Crippen molar-refractivity contribution in [2.24, 2.45) is 0 Å². The summed E-state index contributed by atoms with van der Waals surface area (Å²) >= 11 is 3.26. The Morgan fingerprint density at radius 1 is 1.24 bits per heavy atom. The molecule has 0 aliphatic carbocycles. The van der Waals surface area contributed by atoms with Crippen molar-refractivity contribution >= 4 is 31.6 Å². The smallest absolute Gasteiger partial charge is 0.264 e. The molecular weight excluding hydrogens is 361 g/mol. The fraction of sp³-hybridized carbons (Fsp3) is 0.143. The molecule has 2 rings (SSSR count). The molecule has 2 aromatic carbocycles. The number of halogens is 2. The Kier molecular flexibility index (Phi) is 4.65. The maximum Gasteiger partial charge on any atom is 0.264 e. The zero-order chi connectivity index (χ0) is 15.6. The van der Waals surface area contributed by atoms with Gasteiger partial charge in [0, 0.05) is 4.47 Å². The van der Waals surface area contributed by atoms with E-state index in [4.69, 9.17) is 5.11 Å². The predicted molar refractivity (Wildman–Crippen MR) is 82.0 cm³/mol. The van der Waals surface area contributed by atoms with Gasteiger partial charge in [0.2, 0.25) is 0 Å². The summed E-state index contributed by atoms with van der Waals surface area (Å²) in [5.41, 5.74) is 1.59. The van der Waals surface area contributed by atoms with E-state index in [2.05, 4.69) is 20.7 Å². The number of hydrogen-bond acceptors (Lipinski definition) is 3. The number of rotatable bonds is 4. The Bertz CT molecular complexity index is 778. The third kappa shape index (κ3) is 3.61. The molecule has 0 unspecified atom stereocenters. The molecule has 0 aromatic heterocycles. The molecule has 0 heterocycles. The van der Waals surface area contributed by atoms with Gasteiger partial charge in [-0.25, -0.2) is 12.8 Å². The lowest BCUT2D eigenvalue weighted by Crippen LogP contribution is -2.15. The topological polar surface area (TPSA) is 66.4 Å². The van der Waals surface area contributed by atoms with E-state index in [0.29, 0.717) is 15.7 Å². The average Bonchev–Trinajstić information content (AvgIpc) is 2.41. The maximum absolute atomic E-state index is 13.9. The van der Waals surface area contributed by atoms with Crippen molar-refractivity contribution in [1.82, 2.24) is 0 Å². The summed E-state index contributed by atoms with van der Waals surface area (Å²) in [6.45, 7) is 1.52. The summed E-state index contributed by atoms with van der Waals surface area (Å²) in [5.74, 6) is -0.905.